The number of fused-ring (bicyclic) bond motifs is 1. The highest BCUT2D eigenvalue weighted by atomic mass is 32.1. The molecule has 0 spiro atoms. The van der Waals surface area contributed by atoms with Gasteiger partial charge in [0.2, 0.25) is 5.91 Å². The molecule has 0 aliphatic carbocycles. The van der Waals surface area contributed by atoms with Gasteiger partial charge >= 0.3 is 0 Å². The van der Waals surface area contributed by atoms with Crippen LogP contribution in [-0.2, 0) is 20.9 Å². The number of anilines is 1. The van der Waals surface area contributed by atoms with Gasteiger partial charge in [0.05, 0.1) is 42.9 Å². The highest BCUT2D eigenvalue weighted by molar-refractivity contribution is 7.58. The van der Waals surface area contributed by atoms with Gasteiger partial charge in [-0.1, -0.05) is 6.07 Å². The molecule has 1 saturated heterocycles. The van der Waals surface area contributed by atoms with E-state index in [4.69, 9.17) is 10.00 Å². The predicted molar refractivity (Wildman–Crippen MR) is 101 cm³/mol. The standard InChI is InChI=1S/C17H22N6O2S/c18-5-2-6-23(8-7-22-9-11-25-12-10-22)13-16(24)19-14-3-1-4-15-17(14)21-26-20-15/h1,3-4H,2,6-13H2,(H,19,24). The molecule has 9 heteroatoms. The highest BCUT2D eigenvalue weighted by Crippen LogP contribution is 2.38. The Balaban J connectivity index is 1.54. The van der Waals surface area contributed by atoms with E-state index in [2.05, 4.69) is 25.0 Å². The summed E-state index contributed by atoms with van der Waals surface area (Å²) in [6.45, 7) is 5.78. The van der Waals surface area contributed by atoms with E-state index in [0.29, 0.717) is 24.3 Å². The van der Waals surface area contributed by atoms with Gasteiger partial charge in [-0.15, -0.1) is 0 Å². The van der Waals surface area contributed by atoms with Crippen LogP contribution in [0.25, 0.3) is 0 Å². The number of nitrogens with zero attached hydrogens (tertiary/aromatic N) is 5. The minimum Gasteiger partial charge on any atom is -0.379 e. The van der Waals surface area contributed by atoms with Gasteiger partial charge in [-0.3, -0.25) is 14.6 Å². The fourth-order valence-corrected chi connectivity index (χ4v) is 3.44. The first kappa shape index (κ1) is 18.7. The summed E-state index contributed by atoms with van der Waals surface area (Å²) < 4.78 is 13.8. The van der Waals surface area contributed by atoms with Gasteiger partial charge in [-0.05, 0) is 12.1 Å². The third kappa shape index (κ3) is 5.19. The maximum atomic E-state index is 12.5. The van der Waals surface area contributed by atoms with Crippen molar-refractivity contribution in [2.45, 2.75) is 6.42 Å². The summed E-state index contributed by atoms with van der Waals surface area (Å²) in [4.78, 5) is 16.8. The fraction of sp³-hybridized carbons (Fsp3) is 0.529. The van der Waals surface area contributed by atoms with Gasteiger partial charge in [-0.25, -0.2) is 0 Å². The summed E-state index contributed by atoms with van der Waals surface area (Å²) in [6.07, 6.45) is 0.405. The molecule has 3 rings (SSSR count). The Labute approximate surface area is 156 Å². The van der Waals surface area contributed by atoms with Crippen LogP contribution in [0.1, 0.15) is 6.42 Å². The molecule has 1 N–H and O–H groups in total. The number of carbonyl (C=O) groups is 1. The first-order valence-electron chi connectivity index (χ1n) is 8.67. The SMILES string of the molecule is N#CCCN(CCN1CCOCC1)CC(=O)Nc1cccc2c1N=S=N2. The van der Waals surface area contributed by atoms with Crippen molar-refractivity contribution in [1.82, 2.24) is 9.80 Å². The van der Waals surface area contributed by atoms with Crippen molar-refractivity contribution in [2.24, 2.45) is 8.73 Å². The van der Waals surface area contributed by atoms with E-state index in [9.17, 15) is 4.79 Å². The second kappa shape index (κ2) is 9.54. The zero-order valence-corrected chi connectivity index (χ0v) is 15.4. The lowest BCUT2D eigenvalue weighted by molar-refractivity contribution is -0.117. The van der Waals surface area contributed by atoms with Crippen LogP contribution in [0.3, 0.4) is 0 Å². The van der Waals surface area contributed by atoms with Crippen LogP contribution in [0.5, 0.6) is 0 Å². The monoisotopic (exact) mass is 374 g/mol. The molecule has 2 heterocycles. The van der Waals surface area contributed by atoms with Gasteiger partial charge in [0.15, 0.2) is 0 Å². The Morgan fingerprint density at radius 1 is 1.35 bits per heavy atom. The first-order chi connectivity index (χ1) is 12.8. The maximum absolute atomic E-state index is 12.5. The summed E-state index contributed by atoms with van der Waals surface area (Å²) in [5.41, 5.74) is 2.17. The quantitative estimate of drug-likeness (QED) is 0.762. The highest BCUT2D eigenvalue weighted by Gasteiger charge is 2.17. The number of ether oxygens (including phenoxy) is 1. The summed E-state index contributed by atoms with van der Waals surface area (Å²) in [6, 6.07) is 7.71. The van der Waals surface area contributed by atoms with E-state index in [1.165, 1.54) is 0 Å². The maximum Gasteiger partial charge on any atom is 0.238 e. The van der Waals surface area contributed by atoms with Crippen molar-refractivity contribution in [3.05, 3.63) is 18.2 Å². The zero-order valence-electron chi connectivity index (χ0n) is 14.6. The van der Waals surface area contributed by atoms with Crippen LogP contribution in [0.2, 0.25) is 0 Å². The molecule has 0 aromatic heterocycles. The third-order valence-corrected chi connectivity index (χ3v) is 4.85. The number of amides is 1. The summed E-state index contributed by atoms with van der Waals surface area (Å²) in [5.74, 6) is -0.106. The summed E-state index contributed by atoms with van der Waals surface area (Å²) in [5, 5.41) is 11.8. The minimum atomic E-state index is -0.106. The lowest BCUT2D eigenvalue weighted by Crippen LogP contribution is -2.43. The molecule has 0 atom stereocenters. The molecule has 0 saturated carbocycles. The summed E-state index contributed by atoms with van der Waals surface area (Å²) in [7, 11) is 0. The van der Waals surface area contributed by atoms with Crippen molar-refractivity contribution in [3.63, 3.8) is 0 Å². The number of hydrogen-bond acceptors (Lipinski definition) is 7. The van der Waals surface area contributed by atoms with Crippen LogP contribution < -0.4 is 5.32 Å². The minimum absolute atomic E-state index is 0.106. The molecule has 0 unspecified atom stereocenters. The largest absolute Gasteiger partial charge is 0.379 e. The molecule has 1 aromatic carbocycles. The topological polar surface area (TPSA) is 93.3 Å². The van der Waals surface area contributed by atoms with Crippen LogP contribution in [0.15, 0.2) is 26.9 Å². The molecule has 1 aromatic rings. The zero-order chi connectivity index (χ0) is 18.2. The van der Waals surface area contributed by atoms with Crippen molar-refractivity contribution >= 4 is 34.3 Å². The summed E-state index contributed by atoms with van der Waals surface area (Å²) >= 11 is 1.13. The Kier molecular flexibility index (Phi) is 6.85. The molecule has 1 fully saturated rings. The average Bonchev–Trinajstić information content (AvgIpc) is 3.14. The predicted octanol–water partition coefficient (Wildman–Crippen LogP) is 1.90. The molecule has 1 amide bonds. The van der Waals surface area contributed by atoms with E-state index in [1.54, 1.807) is 0 Å². The van der Waals surface area contributed by atoms with Gasteiger partial charge in [-0.2, -0.15) is 14.0 Å². The molecule has 8 nitrogen and oxygen atoms in total. The van der Waals surface area contributed by atoms with Crippen molar-refractivity contribution < 1.29 is 9.53 Å². The van der Waals surface area contributed by atoms with Gasteiger partial charge < -0.3 is 10.1 Å². The number of carbonyl (C=O) groups excluding carboxylic acids is 1. The molecular formula is C17H22N6O2S. The number of nitrogens with one attached hydrogen (secondary N) is 1. The van der Waals surface area contributed by atoms with Crippen molar-refractivity contribution in [3.8, 4) is 6.07 Å². The number of morpholine rings is 1. The van der Waals surface area contributed by atoms with Gasteiger partial charge in [0.1, 0.15) is 11.4 Å². The van der Waals surface area contributed by atoms with E-state index >= 15 is 0 Å². The second-order valence-electron chi connectivity index (χ2n) is 6.12. The average molecular weight is 374 g/mol. The molecule has 138 valence electrons. The van der Waals surface area contributed by atoms with Gasteiger partial charge in [0, 0.05) is 39.1 Å². The number of nitriles is 1. The van der Waals surface area contributed by atoms with E-state index in [-0.39, 0.29) is 12.5 Å². The molecule has 0 bridgehead atoms. The second-order valence-corrected chi connectivity index (χ2v) is 6.65. The van der Waals surface area contributed by atoms with Crippen LogP contribution in [0.4, 0.5) is 17.1 Å². The lowest BCUT2D eigenvalue weighted by Gasteiger charge is -2.29. The molecule has 2 aliphatic heterocycles. The number of rotatable bonds is 8. The van der Waals surface area contributed by atoms with E-state index in [0.717, 1.165) is 56.4 Å². The lowest BCUT2D eigenvalue weighted by atomic mass is 10.2. The third-order valence-electron chi connectivity index (χ3n) is 4.30. The van der Waals surface area contributed by atoms with E-state index in [1.807, 2.05) is 23.1 Å². The van der Waals surface area contributed by atoms with Crippen LogP contribution >= 0.6 is 0 Å². The van der Waals surface area contributed by atoms with Gasteiger partial charge in [0.25, 0.3) is 0 Å². The molecule has 0 radical (unpaired) electrons. The molecule has 26 heavy (non-hydrogen) atoms. The Morgan fingerprint density at radius 3 is 3.00 bits per heavy atom. The fourth-order valence-electron chi connectivity index (χ4n) is 2.89. The number of hydrogen-bond donors (Lipinski definition) is 1. The van der Waals surface area contributed by atoms with Crippen LogP contribution in [-0.4, -0.2) is 68.2 Å². The molecular weight excluding hydrogens is 352 g/mol. The smallest absolute Gasteiger partial charge is 0.238 e. The normalized spacial score (nSPS) is 16.2. The number of benzene rings is 1. The van der Waals surface area contributed by atoms with Crippen molar-refractivity contribution in [2.75, 3.05) is 57.8 Å². The Bertz CT molecular complexity index is 750. The Morgan fingerprint density at radius 2 is 2.19 bits per heavy atom. The van der Waals surface area contributed by atoms with E-state index < -0.39 is 0 Å². The van der Waals surface area contributed by atoms with Crippen LogP contribution in [0, 0.1) is 11.3 Å². The van der Waals surface area contributed by atoms with Crippen molar-refractivity contribution in [1.29, 1.82) is 5.26 Å². The Hall–Kier alpha value is -2.12. The molecule has 2 aliphatic rings. The first-order valence-corrected chi connectivity index (χ1v) is 9.40.